The van der Waals surface area contributed by atoms with Crippen LogP contribution in [0.5, 0.6) is 6.01 Å². The summed E-state index contributed by atoms with van der Waals surface area (Å²) in [6, 6.07) is 25.4. The van der Waals surface area contributed by atoms with Gasteiger partial charge in [0.15, 0.2) is 5.82 Å². The first kappa shape index (κ1) is 21.3. The van der Waals surface area contributed by atoms with Gasteiger partial charge in [-0.1, -0.05) is 60.2 Å². The maximum atomic E-state index is 12.2. The van der Waals surface area contributed by atoms with Crippen molar-refractivity contribution >= 4 is 11.6 Å². The predicted octanol–water partition coefficient (Wildman–Crippen LogP) is 4.41. The summed E-state index contributed by atoms with van der Waals surface area (Å²) in [6.45, 7) is 2.41. The molecule has 1 aromatic heterocycles. The summed E-state index contributed by atoms with van der Waals surface area (Å²) in [5.41, 5.74) is 4.59. The van der Waals surface area contributed by atoms with Crippen LogP contribution in [0, 0.1) is 6.92 Å². The Morgan fingerprint density at radius 1 is 0.969 bits per heavy atom. The maximum absolute atomic E-state index is 12.2. The van der Waals surface area contributed by atoms with Gasteiger partial charge in [-0.25, -0.2) is 4.68 Å². The molecular formula is C25H24N4O3. The molecule has 4 aromatic rings. The number of hydrogen-bond acceptors (Lipinski definition) is 5. The second kappa shape index (κ2) is 9.89. The molecule has 1 N–H and O–H groups in total. The summed E-state index contributed by atoms with van der Waals surface area (Å²) in [5, 5.41) is 7.28. The van der Waals surface area contributed by atoms with Crippen LogP contribution in [0.15, 0.2) is 78.9 Å². The number of hydrogen-bond donors (Lipinski definition) is 1. The van der Waals surface area contributed by atoms with Gasteiger partial charge in [-0.2, -0.15) is 4.98 Å². The molecule has 0 radical (unpaired) electrons. The number of nitrogens with one attached hydrogen (secondary N) is 1. The fourth-order valence-corrected chi connectivity index (χ4v) is 3.17. The van der Waals surface area contributed by atoms with Crippen molar-refractivity contribution in [2.75, 3.05) is 19.0 Å². The van der Waals surface area contributed by atoms with Crippen LogP contribution in [0.25, 0.3) is 17.1 Å². The molecule has 0 unspecified atom stereocenters. The molecule has 7 heteroatoms. The van der Waals surface area contributed by atoms with Gasteiger partial charge < -0.3 is 14.8 Å². The van der Waals surface area contributed by atoms with Crippen molar-refractivity contribution in [3.63, 3.8) is 0 Å². The van der Waals surface area contributed by atoms with Crippen molar-refractivity contribution in [2.24, 2.45) is 0 Å². The summed E-state index contributed by atoms with van der Waals surface area (Å²) >= 11 is 0. The number of carbonyl (C=O) groups excluding carboxylic acids is 1. The first-order valence-electron chi connectivity index (χ1n) is 10.2. The van der Waals surface area contributed by atoms with Crippen LogP contribution in [0.3, 0.4) is 0 Å². The van der Waals surface area contributed by atoms with Crippen LogP contribution in [-0.4, -0.2) is 34.4 Å². The highest BCUT2D eigenvalue weighted by Crippen LogP contribution is 2.24. The van der Waals surface area contributed by atoms with E-state index in [2.05, 4.69) is 15.4 Å². The zero-order valence-electron chi connectivity index (χ0n) is 18.0. The second-order valence-corrected chi connectivity index (χ2v) is 7.27. The highest BCUT2D eigenvalue weighted by Gasteiger charge is 2.14. The first-order valence-corrected chi connectivity index (χ1v) is 10.2. The lowest BCUT2D eigenvalue weighted by atomic mass is 10.1. The second-order valence-electron chi connectivity index (χ2n) is 7.27. The summed E-state index contributed by atoms with van der Waals surface area (Å²) in [6.07, 6.45) is 0. The fraction of sp³-hybridized carbons (Fsp3) is 0.160. The number of nitrogens with zero attached hydrogens (tertiary/aromatic N) is 3. The summed E-state index contributed by atoms with van der Waals surface area (Å²) in [7, 11) is 1.54. The largest absolute Gasteiger partial charge is 0.466 e. The Labute approximate surface area is 186 Å². The topological polar surface area (TPSA) is 78.3 Å². The number of anilines is 1. The van der Waals surface area contributed by atoms with E-state index >= 15 is 0 Å². The van der Waals surface area contributed by atoms with Gasteiger partial charge in [0.25, 0.3) is 0 Å². The van der Waals surface area contributed by atoms with Crippen LogP contribution in [0.1, 0.15) is 11.1 Å². The molecule has 0 saturated heterocycles. The Balaban J connectivity index is 1.43. The van der Waals surface area contributed by atoms with Crippen molar-refractivity contribution in [2.45, 2.75) is 13.5 Å². The van der Waals surface area contributed by atoms with Crippen LogP contribution < -0.4 is 10.1 Å². The van der Waals surface area contributed by atoms with Gasteiger partial charge in [0.05, 0.1) is 19.4 Å². The van der Waals surface area contributed by atoms with E-state index in [0.717, 1.165) is 16.8 Å². The lowest BCUT2D eigenvalue weighted by molar-refractivity contribution is -0.121. The van der Waals surface area contributed by atoms with E-state index in [4.69, 9.17) is 9.47 Å². The quantitative estimate of drug-likeness (QED) is 0.450. The number of rotatable bonds is 8. The Morgan fingerprint density at radius 3 is 2.38 bits per heavy atom. The van der Waals surface area contributed by atoms with Gasteiger partial charge >= 0.3 is 6.01 Å². The van der Waals surface area contributed by atoms with Gasteiger partial charge in [-0.05, 0) is 36.8 Å². The van der Waals surface area contributed by atoms with Crippen LogP contribution >= 0.6 is 0 Å². The van der Waals surface area contributed by atoms with Crippen molar-refractivity contribution in [1.82, 2.24) is 14.8 Å². The highest BCUT2D eigenvalue weighted by molar-refractivity contribution is 5.91. The van der Waals surface area contributed by atoms with E-state index in [0.29, 0.717) is 18.1 Å². The number of aromatic nitrogens is 3. The first-order chi connectivity index (χ1) is 15.6. The third kappa shape index (κ3) is 5.19. The van der Waals surface area contributed by atoms with E-state index in [1.807, 2.05) is 85.8 Å². The Hall–Kier alpha value is -3.97. The van der Waals surface area contributed by atoms with Crippen molar-refractivity contribution in [3.8, 4) is 23.1 Å². The third-order valence-corrected chi connectivity index (χ3v) is 4.82. The molecule has 1 amide bonds. The Morgan fingerprint density at radius 2 is 1.69 bits per heavy atom. The molecule has 0 aliphatic rings. The lowest BCUT2D eigenvalue weighted by Gasteiger charge is -2.09. The summed E-state index contributed by atoms with van der Waals surface area (Å²) in [5.74, 6) is 0.462. The zero-order chi connectivity index (χ0) is 22.3. The SMILES string of the molecule is COc1nc(-c2ccc(C)cc2)n(-c2ccc(NC(=O)COCc3ccccc3)cc2)n1. The third-order valence-electron chi connectivity index (χ3n) is 4.82. The Kier molecular flexibility index (Phi) is 6.57. The molecule has 0 atom stereocenters. The molecule has 0 aliphatic carbocycles. The van der Waals surface area contributed by atoms with E-state index < -0.39 is 0 Å². The molecule has 4 rings (SSSR count). The van der Waals surface area contributed by atoms with E-state index in [-0.39, 0.29) is 18.5 Å². The van der Waals surface area contributed by atoms with Crippen molar-refractivity contribution < 1.29 is 14.3 Å². The molecule has 7 nitrogen and oxygen atoms in total. The standard InChI is InChI=1S/C25H24N4O3/c1-18-8-10-20(11-9-18)24-27-25(31-2)28-29(24)22-14-12-21(13-15-22)26-23(30)17-32-16-19-6-4-3-5-7-19/h3-15H,16-17H2,1-2H3,(H,26,30). The number of aryl methyl sites for hydroxylation is 1. The van der Waals surface area contributed by atoms with Crippen LogP contribution in [-0.2, 0) is 16.1 Å². The summed E-state index contributed by atoms with van der Waals surface area (Å²) < 4.78 is 12.4. The monoisotopic (exact) mass is 428 g/mol. The van der Waals surface area contributed by atoms with Crippen LogP contribution in [0.4, 0.5) is 5.69 Å². The number of amides is 1. The van der Waals surface area contributed by atoms with Crippen molar-refractivity contribution in [3.05, 3.63) is 90.0 Å². The number of methoxy groups -OCH3 is 1. The number of carbonyl (C=O) groups is 1. The van der Waals surface area contributed by atoms with E-state index in [9.17, 15) is 4.79 Å². The molecule has 0 aliphatic heterocycles. The average molecular weight is 428 g/mol. The van der Waals surface area contributed by atoms with E-state index in [1.165, 1.54) is 12.7 Å². The predicted molar refractivity (Wildman–Crippen MR) is 123 cm³/mol. The minimum Gasteiger partial charge on any atom is -0.466 e. The minimum absolute atomic E-state index is 0.0194. The lowest BCUT2D eigenvalue weighted by Crippen LogP contribution is -2.18. The van der Waals surface area contributed by atoms with Crippen molar-refractivity contribution in [1.29, 1.82) is 0 Å². The molecule has 162 valence electrons. The van der Waals surface area contributed by atoms with Gasteiger partial charge in [-0.15, -0.1) is 5.10 Å². The normalized spacial score (nSPS) is 10.7. The number of ether oxygens (including phenoxy) is 2. The van der Waals surface area contributed by atoms with Gasteiger partial charge in [0, 0.05) is 11.3 Å². The fourth-order valence-electron chi connectivity index (χ4n) is 3.17. The molecule has 0 spiro atoms. The smallest absolute Gasteiger partial charge is 0.336 e. The molecule has 0 saturated carbocycles. The Bertz CT molecular complexity index is 1170. The summed E-state index contributed by atoms with van der Waals surface area (Å²) in [4.78, 5) is 16.7. The van der Waals surface area contributed by atoms with Gasteiger partial charge in [0.1, 0.15) is 6.61 Å². The van der Waals surface area contributed by atoms with Gasteiger partial charge in [-0.3, -0.25) is 4.79 Å². The molecule has 0 bridgehead atoms. The molecule has 32 heavy (non-hydrogen) atoms. The minimum atomic E-state index is -0.212. The number of benzene rings is 3. The van der Waals surface area contributed by atoms with E-state index in [1.54, 1.807) is 4.68 Å². The highest BCUT2D eigenvalue weighted by atomic mass is 16.5. The molecular weight excluding hydrogens is 404 g/mol. The maximum Gasteiger partial charge on any atom is 0.336 e. The zero-order valence-corrected chi connectivity index (χ0v) is 18.0. The molecule has 0 fully saturated rings. The average Bonchev–Trinajstić information content (AvgIpc) is 3.25. The van der Waals surface area contributed by atoms with Gasteiger partial charge in [0.2, 0.25) is 5.91 Å². The molecule has 1 heterocycles. The molecule has 3 aromatic carbocycles. The van der Waals surface area contributed by atoms with Crippen LogP contribution in [0.2, 0.25) is 0 Å².